The first-order chi connectivity index (χ1) is 31.3. The number of halogens is 2. The number of hydrogen-bond acceptors (Lipinski definition) is 0. The van der Waals surface area contributed by atoms with Gasteiger partial charge in [0, 0.05) is 0 Å². The third-order valence-corrected chi connectivity index (χ3v) is 14.3. The molecule has 2 aliphatic rings. The molecule has 0 amide bonds. The van der Waals surface area contributed by atoms with E-state index in [1.165, 1.54) is 213 Å². The van der Waals surface area contributed by atoms with Gasteiger partial charge in [-0.1, -0.05) is 254 Å². The van der Waals surface area contributed by atoms with Gasteiger partial charge < -0.3 is 14.9 Å². The molecular weight excluding hydrogens is 959 g/mol. The van der Waals surface area contributed by atoms with E-state index < -0.39 is 0 Å². The second-order valence-corrected chi connectivity index (χ2v) is 19.3. The maximum absolute atomic E-state index is 3.06. The quantitative estimate of drug-likeness (QED) is 0.0808. The Morgan fingerprint density at radius 3 is 0.912 bits per heavy atom. The van der Waals surface area contributed by atoms with Crippen LogP contribution in [0.15, 0.2) is 146 Å². The molecule has 0 nitrogen and oxygen atoms in total. The van der Waals surface area contributed by atoms with E-state index in [0.29, 0.717) is 0 Å². The van der Waals surface area contributed by atoms with E-state index in [1.54, 1.807) is 0 Å². The summed E-state index contributed by atoms with van der Waals surface area (Å²) in [4.78, 5) is 0. The first-order valence-corrected chi connectivity index (χ1v) is 28.5. The third kappa shape index (κ3) is 14.2. The molecule has 2 saturated carbocycles. The molecule has 10 rings (SSSR count). The Labute approximate surface area is 440 Å². The first-order valence-electron chi connectivity index (χ1n) is 24.3. The van der Waals surface area contributed by atoms with E-state index in [2.05, 4.69) is 180 Å². The van der Waals surface area contributed by atoms with Crippen molar-refractivity contribution in [2.45, 2.75) is 118 Å². The predicted octanol–water partition coefficient (Wildman–Crippen LogP) is 19.4. The third-order valence-electron chi connectivity index (χ3n) is 14.3. The molecule has 0 aromatic heterocycles. The molecule has 0 saturated heterocycles. The zero-order valence-corrected chi connectivity index (χ0v) is 46.8. The van der Waals surface area contributed by atoms with Gasteiger partial charge in [-0.25, -0.2) is 0 Å². The van der Waals surface area contributed by atoms with Crippen LogP contribution in [-0.4, -0.2) is 6.88 Å². The van der Waals surface area contributed by atoms with Crippen molar-refractivity contribution in [2.75, 3.05) is 0 Å². The van der Waals surface area contributed by atoms with Gasteiger partial charge in [-0.2, -0.15) is 12.1 Å². The summed E-state index contributed by atoms with van der Waals surface area (Å²) in [6, 6.07) is 55.3. The SMILES string of the molecule is Cc1ccc(-c2ccc(-c3ccc(C)cc3)c3[cH-]c(CC4CCCCCC4)cc23)cc1.Cc1ccc(-c2ccc(-c3ccc(C)cc3)c3[cH-]c(CC4CCCCCC4)cc23)cc1.Cl.Cl.[CH3-].[CH3-].[Si]=[Zr]. The molecule has 68 heavy (non-hydrogen) atoms. The monoisotopic (exact) mass is 1030 g/mol. The number of benzene rings is 6. The molecule has 0 spiro atoms. The minimum absolute atomic E-state index is 0. The average molecular weight is 1030 g/mol. The van der Waals surface area contributed by atoms with Crippen molar-refractivity contribution < 1.29 is 23.3 Å². The van der Waals surface area contributed by atoms with Crippen LogP contribution in [0.4, 0.5) is 0 Å². The maximum atomic E-state index is 3.06. The van der Waals surface area contributed by atoms with Gasteiger partial charge in [-0.3, -0.25) is 0 Å². The van der Waals surface area contributed by atoms with Crippen molar-refractivity contribution in [3.05, 3.63) is 194 Å². The fourth-order valence-electron chi connectivity index (χ4n) is 10.7. The molecule has 2 radical (unpaired) electrons. The van der Waals surface area contributed by atoms with Crippen LogP contribution in [0.2, 0.25) is 0 Å². The van der Waals surface area contributed by atoms with Crippen LogP contribution in [0.1, 0.15) is 110 Å². The van der Waals surface area contributed by atoms with Gasteiger partial charge in [-0.15, -0.1) is 69.6 Å². The van der Waals surface area contributed by atoms with E-state index in [0.717, 1.165) is 11.8 Å². The van der Waals surface area contributed by atoms with Crippen molar-refractivity contribution in [3.8, 4) is 44.5 Å². The van der Waals surface area contributed by atoms with Crippen molar-refractivity contribution in [1.29, 1.82) is 0 Å². The summed E-state index contributed by atoms with van der Waals surface area (Å²) in [6.07, 6.45) is 19.4. The summed E-state index contributed by atoms with van der Waals surface area (Å²) in [5, 5.41) is 5.63. The van der Waals surface area contributed by atoms with Crippen LogP contribution in [0.5, 0.6) is 0 Å². The molecule has 0 unspecified atom stereocenters. The van der Waals surface area contributed by atoms with Crippen molar-refractivity contribution >= 4 is 53.2 Å². The number of aryl methyl sites for hydroxylation is 4. The van der Waals surface area contributed by atoms with E-state index >= 15 is 0 Å². The Kier molecular flexibility index (Phi) is 23.0. The van der Waals surface area contributed by atoms with Crippen molar-refractivity contribution in [1.82, 2.24) is 0 Å². The average Bonchev–Trinajstić information content (AvgIpc) is 3.72. The summed E-state index contributed by atoms with van der Waals surface area (Å²) in [5.41, 5.74) is 19.0. The molecule has 8 aromatic rings. The molecule has 0 N–H and O–H groups in total. The summed E-state index contributed by atoms with van der Waals surface area (Å²) < 4.78 is 0. The van der Waals surface area contributed by atoms with Gasteiger partial charge in [0.05, 0.1) is 0 Å². The van der Waals surface area contributed by atoms with Crippen LogP contribution in [0, 0.1) is 54.4 Å². The molecule has 0 atom stereocenters. The Balaban J connectivity index is 0.000000271. The Morgan fingerprint density at radius 2 is 0.632 bits per heavy atom. The second kappa shape index (κ2) is 27.6. The number of fused-ring (bicyclic) bond motifs is 2. The van der Waals surface area contributed by atoms with Gasteiger partial charge in [0.15, 0.2) is 0 Å². The van der Waals surface area contributed by atoms with Crippen LogP contribution < -0.4 is 0 Å². The zero-order valence-electron chi connectivity index (χ0n) is 41.7. The van der Waals surface area contributed by atoms with Crippen molar-refractivity contribution in [2.24, 2.45) is 11.8 Å². The molecule has 356 valence electrons. The summed E-state index contributed by atoms with van der Waals surface area (Å²) in [5.74, 6) is 1.70. The molecule has 2 fully saturated rings. The van der Waals surface area contributed by atoms with Crippen LogP contribution in [0.25, 0.3) is 66.1 Å². The molecule has 0 heterocycles. The topological polar surface area (TPSA) is 0 Å². The molecule has 0 aliphatic heterocycles. The summed E-state index contributed by atoms with van der Waals surface area (Å²) in [7, 11) is 0. The van der Waals surface area contributed by atoms with Gasteiger partial charge in [-0.05, 0) is 63.5 Å². The molecule has 8 aromatic carbocycles. The molecule has 4 heteroatoms. The number of hydrogen-bond donors (Lipinski definition) is 0. The fraction of sp³-hybridized carbons (Fsp3) is 0.312. The second-order valence-electron chi connectivity index (χ2n) is 19.3. The van der Waals surface area contributed by atoms with E-state index in [-0.39, 0.29) is 39.7 Å². The minimum atomic E-state index is 0. The van der Waals surface area contributed by atoms with Crippen LogP contribution in [0.3, 0.4) is 0 Å². The molecule has 2 aliphatic carbocycles. The Bertz CT molecular complexity index is 2370. The van der Waals surface area contributed by atoms with Gasteiger partial charge in [0.2, 0.25) is 0 Å². The Hall–Kier alpha value is -3.78. The number of rotatable bonds is 8. The Morgan fingerprint density at radius 1 is 0.382 bits per heavy atom. The van der Waals surface area contributed by atoms with Crippen molar-refractivity contribution in [3.63, 3.8) is 0 Å². The molecular formula is C64H74Cl2SiZr-4. The normalized spacial score (nSPS) is 14.0. The standard InChI is InChI=1S/2C31H33.2CH3.2ClH.Si.Zr/c2*1-22-9-13-26(14-10-22)28-17-18-29(27-15-11-23(2)12-16-27)31-21-25(20-30(28)31)19-24-7-5-3-4-6-8-24;;;;;;/h2*9-18,20-21,24H,3-8,19H2,1-2H3;2*1H3;2*1H;;/q4*-1;;;;. The van der Waals surface area contributed by atoms with Gasteiger partial charge >= 0.3 is 30.2 Å². The summed E-state index contributed by atoms with van der Waals surface area (Å²) in [6.45, 7) is 11.7. The van der Waals surface area contributed by atoms with Crippen LogP contribution in [-0.2, 0) is 36.2 Å². The zero-order chi connectivity index (χ0) is 44.4. The van der Waals surface area contributed by atoms with Crippen LogP contribution >= 0.6 is 24.8 Å². The molecule has 0 bridgehead atoms. The van der Waals surface area contributed by atoms with Gasteiger partial charge in [0.25, 0.3) is 0 Å². The predicted molar refractivity (Wildman–Crippen MR) is 303 cm³/mol. The van der Waals surface area contributed by atoms with Gasteiger partial charge in [0.1, 0.15) is 0 Å². The van der Waals surface area contributed by atoms with E-state index in [1.807, 2.05) is 0 Å². The van der Waals surface area contributed by atoms with E-state index in [4.69, 9.17) is 0 Å². The first kappa shape index (κ1) is 56.8. The summed E-state index contributed by atoms with van der Waals surface area (Å²) >= 11 is 1.36. The fourth-order valence-corrected chi connectivity index (χ4v) is 10.7. The van der Waals surface area contributed by atoms with E-state index in [9.17, 15) is 0 Å².